The summed E-state index contributed by atoms with van der Waals surface area (Å²) in [6.45, 7) is 0. The van der Waals surface area contributed by atoms with E-state index in [1.54, 1.807) is 6.07 Å². The van der Waals surface area contributed by atoms with E-state index in [1.807, 2.05) is 6.08 Å². The van der Waals surface area contributed by atoms with Crippen molar-refractivity contribution in [1.29, 1.82) is 0 Å². The van der Waals surface area contributed by atoms with Crippen molar-refractivity contribution in [3.05, 3.63) is 46.3 Å². The van der Waals surface area contributed by atoms with Crippen LogP contribution in [0.4, 0.5) is 4.39 Å². The highest BCUT2D eigenvalue weighted by atomic mass is 35.5. The quantitative estimate of drug-likeness (QED) is 0.792. The third-order valence-corrected chi connectivity index (χ3v) is 3.29. The summed E-state index contributed by atoms with van der Waals surface area (Å²) in [5, 5.41) is 0.0768. The van der Waals surface area contributed by atoms with Crippen LogP contribution in [0.25, 0.3) is 0 Å². The molecule has 1 aliphatic carbocycles. The van der Waals surface area contributed by atoms with Gasteiger partial charge in [0.15, 0.2) is 5.78 Å². The van der Waals surface area contributed by atoms with Gasteiger partial charge < -0.3 is 0 Å². The molecule has 0 radical (unpaired) electrons. The van der Waals surface area contributed by atoms with E-state index in [4.69, 9.17) is 11.6 Å². The van der Waals surface area contributed by atoms with Crippen LogP contribution < -0.4 is 0 Å². The van der Waals surface area contributed by atoms with Crippen LogP contribution in [-0.4, -0.2) is 5.78 Å². The lowest BCUT2D eigenvalue weighted by molar-refractivity contribution is -0.115. The first kappa shape index (κ1) is 12.3. The average molecular weight is 253 g/mol. The Labute approximate surface area is 105 Å². The van der Waals surface area contributed by atoms with Crippen molar-refractivity contribution in [2.45, 2.75) is 32.1 Å². The van der Waals surface area contributed by atoms with E-state index in [9.17, 15) is 9.18 Å². The minimum atomic E-state index is -0.445. The minimum Gasteiger partial charge on any atom is -0.294 e. The first-order valence-electron chi connectivity index (χ1n) is 5.83. The van der Waals surface area contributed by atoms with Crippen molar-refractivity contribution >= 4 is 17.4 Å². The molecule has 1 aromatic rings. The van der Waals surface area contributed by atoms with Crippen LogP contribution >= 0.6 is 11.6 Å². The Balaban J connectivity index is 2.07. The zero-order valence-electron chi connectivity index (χ0n) is 9.51. The van der Waals surface area contributed by atoms with Crippen molar-refractivity contribution in [2.75, 3.05) is 0 Å². The Morgan fingerprint density at radius 3 is 2.82 bits per heavy atom. The van der Waals surface area contributed by atoms with Gasteiger partial charge in [0.1, 0.15) is 5.82 Å². The fraction of sp³-hybridized carbons (Fsp3) is 0.357. The predicted molar refractivity (Wildman–Crippen MR) is 66.7 cm³/mol. The molecule has 2 rings (SSSR count). The number of halogens is 2. The van der Waals surface area contributed by atoms with Crippen molar-refractivity contribution in [3.63, 3.8) is 0 Å². The number of Topliss-reactive ketones (excluding diaryl/α,β-unsaturated/α-hetero) is 1. The highest BCUT2D eigenvalue weighted by molar-refractivity contribution is 6.30. The van der Waals surface area contributed by atoms with Crippen molar-refractivity contribution in [1.82, 2.24) is 0 Å². The van der Waals surface area contributed by atoms with Gasteiger partial charge in [-0.25, -0.2) is 4.39 Å². The number of allylic oxidation sites excluding steroid dienone is 2. The molecule has 0 amide bonds. The monoisotopic (exact) mass is 252 g/mol. The maximum Gasteiger partial charge on any atom is 0.162 e. The normalized spacial score (nSPS) is 15.5. The van der Waals surface area contributed by atoms with E-state index in [2.05, 4.69) is 0 Å². The summed E-state index contributed by atoms with van der Waals surface area (Å²) in [5.74, 6) is -0.313. The summed E-state index contributed by atoms with van der Waals surface area (Å²) in [7, 11) is 0. The summed E-state index contributed by atoms with van der Waals surface area (Å²) in [4.78, 5) is 12.0. The van der Waals surface area contributed by atoms with Crippen LogP contribution in [0.5, 0.6) is 0 Å². The first-order chi connectivity index (χ1) is 8.16. The van der Waals surface area contributed by atoms with Gasteiger partial charge in [-0.15, -0.1) is 0 Å². The van der Waals surface area contributed by atoms with Crippen LogP contribution in [-0.2, 0) is 11.2 Å². The Morgan fingerprint density at radius 2 is 2.18 bits per heavy atom. The lowest BCUT2D eigenvalue weighted by Gasteiger charge is -2.11. The molecule has 90 valence electrons. The number of hydrogen-bond donors (Lipinski definition) is 0. The number of ketones is 1. The molecule has 0 saturated heterocycles. The summed E-state index contributed by atoms with van der Waals surface area (Å²) in [6, 6.07) is 4.45. The van der Waals surface area contributed by atoms with Gasteiger partial charge in [0.25, 0.3) is 0 Å². The van der Waals surface area contributed by atoms with Gasteiger partial charge in [0, 0.05) is 6.42 Å². The molecule has 1 aliphatic rings. The molecule has 0 spiro atoms. The average Bonchev–Trinajstić information content (AvgIpc) is 2.35. The van der Waals surface area contributed by atoms with Gasteiger partial charge in [0.05, 0.1) is 5.02 Å². The molecule has 0 N–H and O–H groups in total. The highest BCUT2D eigenvalue weighted by Crippen LogP contribution is 2.21. The zero-order chi connectivity index (χ0) is 12.3. The van der Waals surface area contributed by atoms with Crippen LogP contribution in [0.15, 0.2) is 29.8 Å². The van der Waals surface area contributed by atoms with Gasteiger partial charge >= 0.3 is 0 Å². The molecule has 0 bridgehead atoms. The van der Waals surface area contributed by atoms with Crippen LogP contribution in [0, 0.1) is 5.82 Å². The molecule has 0 fully saturated rings. The Kier molecular flexibility index (Phi) is 3.95. The van der Waals surface area contributed by atoms with E-state index in [1.165, 1.54) is 18.6 Å². The van der Waals surface area contributed by atoms with E-state index in [-0.39, 0.29) is 10.8 Å². The molecule has 0 aliphatic heterocycles. The lowest BCUT2D eigenvalue weighted by atomic mass is 9.93. The smallest absolute Gasteiger partial charge is 0.162 e. The summed E-state index contributed by atoms with van der Waals surface area (Å²) in [5.41, 5.74) is 1.68. The maximum absolute atomic E-state index is 13.0. The van der Waals surface area contributed by atoms with Crippen LogP contribution in [0.2, 0.25) is 5.02 Å². The largest absolute Gasteiger partial charge is 0.294 e. The summed E-state index contributed by atoms with van der Waals surface area (Å²) in [6.07, 6.45) is 6.45. The summed E-state index contributed by atoms with van der Waals surface area (Å²) < 4.78 is 13.0. The van der Waals surface area contributed by atoms with Gasteiger partial charge in [-0.1, -0.05) is 23.7 Å². The standard InChI is InChI=1S/C14H14ClFO/c15-12-8-10(6-7-13(12)16)9-14(17)11-4-2-1-3-5-11/h4,6-8H,1-3,5,9H2. The number of rotatable bonds is 3. The molecule has 0 atom stereocenters. The molecule has 0 heterocycles. The fourth-order valence-electron chi connectivity index (χ4n) is 2.04. The SMILES string of the molecule is O=C(Cc1ccc(F)c(Cl)c1)C1=CCCCC1. The summed E-state index contributed by atoms with van der Waals surface area (Å²) >= 11 is 5.68. The van der Waals surface area contributed by atoms with E-state index in [0.29, 0.717) is 6.42 Å². The Hall–Kier alpha value is -1.15. The molecular weight excluding hydrogens is 239 g/mol. The second kappa shape index (κ2) is 5.46. The minimum absolute atomic E-state index is 0.0768. The van der Waals surface area contributed by atoms with E-state index in [0.717, 1.165) is 30.4 Å². The molecule has 0 saturated carbocycles. The molecule has 1 nitrogen and oxygen atoms in total. The molecule has 17 heavy (non-hydrogen) atoms. The predicted octanol–water partition coefficient (Wildman–Crippen LogP) is 4.09. The van der Waals surface area contributed by atoms with E-state index < -0.39 is 5.82 Å². The third kappa shape index (κ3) is 3.16. The fourth-order valence-corrected chi connectivity index (χ4v) is 2.24. The molecule has 3 heteroatoms. The van der Waals surface area contributed by atoms with Crippen molar-refractivity contribution in [3.8, 4) is 0 Å². The maximum atomic E-state index is 13.0. The molecular formula is C14H14ClFO. The number of hydrogen-bond acceptors (Lipinski definition) is 1. The molecule has 0 aromatic heterocycles. The topological polar surface area (TPSA) is 17.1 Å². The lowest BCUT2D eigenvalue weighted by Crippen LogP contribution is -2.09. The van der Waals surface area contributed by atoms with Crippen LogP contribution in [0.3, 0.4) is 0 Å². The van der Waals surface area contributed by atoms with Crippen LogP contribution in [0.1, 0.15) is 31.2 Å². The Morgan fingerprint density at radius 1 is 1.35 bits per heavy atom. The van der Waals surface area contributed by atoms with E-state index >= 15 is 0 Å². The number of carbonyl (C=O) groups is 1. The second-order valence-electron chi connectivity index (χ2n) is 4.32. The van der Waals surface area contributed by atoms with Crippen molar-refractivity contribution < 1.29 is 9.18 Å². The molecule has 1 aromatic carbocycles. The second-order valence-corrected chi connectivity index (χ2v) is 4.73. The van der Waals surface area contributed by atoms with Gasteiger partial charge in [-0.05, 0) is 49.0 Å². The highest BCUT2D eigenvalue weighted by Gasteiger charge is 2.13. The van der Waals surface area contributed by atoms with Gasteiger partial charge in [0.2, 0.25) is 0 Å². The molecule has 0 unspecified atom stereocenters. The Bertz CT molecular complexity index is 465. The third-order valence-electron chi connectivity index (χ3n) is 3.00. The number of benzene rings is 1. The first-order valence-corrected chi connectivity index (χ1v) is 6.21. The number of carbonyl (C=O) groups excluding carboxylic acids is 1. The zero-order valence-corrected chi connectivity index (χ0v) is 10.3. The van der Waals surface area contributed by atoms with Gasteiger partial charge in [-0.2, -0.15) is 0 Å². The van der Waals surface area contributed by atoms with Gasteiger partial charge in [-0.3, -0.25) is 4.79 Å². The van der Waals surface area contributed by atoms with Crippen molar-refractivity contribution in [2.24, 2.45) is 0 Å².